The number of carbonyl (C=O) groups is 1. The number of likely N-dealkylation sites (N-methyl/N-ethyl adjacent to an activating group) is 1. The van der Waals surface area contributed by atoms with Crippen molar-refractivity contribution in [3.8, 4) is 5.69 Å². The van der Waals surface area contributed by atoms with Gasteiger partial charge in [0.05, 0.1) is 11.9 Å². The summed E-state index contributed by atoms with van der Waals surface area (Å²) in [6, 6.07) is 14.1. The Hall–Kier alpha value is -3.98. The van der Waals surface area contributed by atoms with Crippen molar-refractivity contribution in [1.82, 2.24) is 24.4 Å². The van der Waals surface area contributed by atoms with Gasteiger partial charge in [-0.2, -0.15) is 4.98 Å². The van der Waals surface area contributed by atoms with Gasteiger partial charge in [0.25, 0.3) is 0 Å². The molecule has 1 N–H and O–H groups in total. The van der Waals surface area contributed by atoms with Crippen molar-refractivity contribution in [2.75, 3.05) is 54.9 Å². The van der Waals surface area contributed by atoms with Crippen molar-refractivity contribution in [3.05, 3.63) is 61.1 Å². The van der Waals surface area contributed by atoms with E-state index in [2.05, 4.69) is 32.1 Å². The van der Waals surface area contributed by atoms with Gasteiger partial charge in [-0.1, -0.05) is 0 Å². The second kappa shape index (κ2) is 8.99. The Bertz CT molecular complexity index is 1340. The second-order valence-electron chi connectivity index (χ2n) is 9.14. The molecule has 1 amide bonds. The zero-order valence-electron chi connectivity index (χ0n) is 19.8. The molecule has 0 unspecified atom stereocenters. The number of aromatic nitrogens is 4. The third-order valence-electron chi connectivity index (χ3n) is 6.77. The van der Waals surface area contributed by atoms with Gasteiger partial charge in [-0.3, -0.25) is 4.79 Å². The molecule has 178 valence electrons. The number of amides is 1. The molecule has 0 aliphatic carbocycles. The smallest absolute Gasteiger partial charge is 0.229 e. The maximum atomic E-state index is 12.0. The highest BCUT2D eigenvalue weighted by Crippen LogP contribution is 2.25. The van der Waals surface area contributed by atoms with Crippen molar-refractivity contribution >= 4 is 40.1 Å². The van der Waals surface area contributed by atoms with Crippen LogP contribution in [0.3, 0.4) is 0 Å². The number of fused-ring (bicyclic) bond motifs is 1. The molecule has 1 aromatic carbocycles. The summed E-state index contributed by atoms with van der Waals surface area (Å²) in [5, 5.41) is 4.24. The van der Waals surface area contributed by atoms with E-state index >= 15 is 0 Å². The first-order chi connectivity index (χ1) is 17.1. The summed E-state index contributed by atoms with van der Waals surface area (Å²) in [5.41, 5.74) is 3.59. The van der Waals surface area contributed by atoms with Crippen LogP contribution >= 0.6 is 0 Å². The molecule has 9 nitrogen and oxygen atoms in total. The number of rotatable bonds is 5. The van der Waals surface area contributed by atoms with Gasteiger partial charge in [0.15, 0.2) is 0 Å². The lowest BCUT2D eigenvalue weighted by molar-refractivity contribution is -0.117. The average molecular weight is 469 g/mol. The van der Waals surface area contributed by atoms with Crippen LogP contribution in [-0.2, 0) is 4.79 Å². The molecule has 0 bridgehead atoms. The van der Waals surface area contributed by atoms with E-state index in [-0.39, 0.29) is 5.91 Å². The second-order valence-corrected chi connectivity index (χ2v) is 9.14. The summed E-state index contributed by atoms with van der Waals surface area (Å²) in [6.07, 6.45) is 7.20. The normalized spacial score (nSPS) is 16.9. The number of nitrogens with zero attached hydrogens (tertiary/aromatic N) is 7. The van der Waals surface area contributed by atoms with Crippen LogP contribution in [0, 0.1) is 0 Å². The maximum Gasteiger partial charge on any atom is 0.229 e. The number of nitrogens with one attached hydrogen (secondary N) is 1. The predicted molar refractivity (Wildman–Crippen MR) is 138 cm³/mol. The van der Waals surface area contributed by atoms with E-state index in [4.69, 9.17) is 4.98 Å². The van der Waals surface area contributed by atoms with Crippen LogP contribution in [-0.4, -0.2) is 70.1 Å². The molecule has 2 aliphatic rings. The molecule has 0 spiro atoms. The Balaban J connectivity index is 1.20. The first-order valence-electron chi connectivity index (χ1n) is 12.1. The van der Waals surface area contributed by atoms with Crippen LogP contribution in [0.2, 0.25) is 0 Å². The highest BCUT2D eigenvalue weighted by Gasteiger charge is 2.21. The molecular formula is C26H28N8O. The Labute approximate surface area is 204 Å². The minimum absolute atomic E-state index is 0.193. The topological polar surface area (TPSA) is 82.4 Å². The van der Waals surface area contributed by atoms with Crippen molar-refractivity contribution in [2.24, 2.45) is 0 Å². The summed E-state index contributed by atoms with van der Waals surface area (Å²) in [5.74, 6) is 1.71. The number of piperazine rings is 1. The minimum Gasteiger partial charge on any atom is -0.354 e. The number of pyridine rings is 1. The van der Waals surface area contributed by atoms with E-state index in [1.165, 1.54) is 0 Å². The molecule has 0 saturated carbocycles. The van der Waals surface area contributed by atoms with Crippen LogP contribution in [0.25, 0.3) is 16.7 Å². The summed E-state index contributed by atoms with van der Waals surface area (Å²) in [4.78, 5) is 32.4. The Morgan fingerprint density at radius 1 is 0.857 bits per heavy atom. The van der Waals surface area contributed by atoms with Crippen molar-refractivity contribution in [2.45, 2.75) is 12.8 Å². The van der Waals surface area contributed by atoms with Crippen LogP contribution in [0.4, 0.5) is 23.1 Å². The lowest BCUT2D eigenvalue weighted by atomic mass is 10.2. The van der Waals surface area contributed by atoms with Gasteiger partial charge < -0.3 is 24.6 Å². The third-order valence-corrected chi connectivity index (χ3v) is 6.77. The van der Waals surface area contributed by atoms with Gasteiger partial charge in [-0.05, 0) is 55.9 Å². The summed E-state index contributed by atoms with van der Waals surface area (Å²) >= 11 is 0. The summed E-state index contributed by atoms with van der Waals surface area (Å²) in [7, 11) is 2.15. The number of hydrogen-bond acceptors (Lipinski definition) is 7. The molecule has 3 aromatic heterocycles. The van der Waals surface area contributed by atoms with Crippen molar-refractivity contribution in [3.63, 3.8) is 0 Å². The summed E-state index contributed by atoms with van der Waals surface area (Å²) < 4.78 is 2.03. The van der Waals surface area contributed by atoms with Gasteiger partial charge in [-0.15, -0.1) is 0 Å². The van der Waals surface area contributed by atoms with Crippen molar-refractivity contribution in [1.29, 1.82) is 0 Å². The van der Waals surface area contributed by atoms with Crippen LogP contribution < -0.4 is 15.1 Å². The molecule has 4 aromatic rings. The molecule has 2 fully saturated rings. The average Bonchev–Trinajstić information content (AvgIpc) is 3.51. The van der Waals surface area contributed by atoms with Gasteiger partial charge in [0.2, 0.25) is 11.9 Å². The quantitative estimate of drug-likeness (QED) is 0.480. The number of hydrogen-bond donors (Lipinski definition) is 1. The lowest BCUT2D eigenvalue weighted by Crippen LogP contribution is -2.44. The fourth-order valence-electron chi connectivity index (χ4n) is 4.71. The number of carbonyl (C=O) groups excluding carboxylic acids is 1. The monoisotopic (exact) mass is 468 g/mol. The molecule has 5 heterocycles. The molecule has 2 saturated heterocycles. The Morgan fingerprint density at radius 2 is 1.66 bits per heavy atom. The predicted octanol–water partition coefficient (Wildman–Crippen LogP) is 3.44. The summed E-state index contributed by atoms with van der Waals surface area (Å²) in [6.45, 7) is 4.87. The zero-order chi connectivity index (χ0) is 23.8. The van der Waals surface area contributed by atoms with E-state index in [1.54, 1.807) is 0 Å². The van der Waals surface area contributed by atoms with E-state index in [1.807, 2.05) is 70.5 Å². The molecule has 9 heteroatoms. The molecule has 6 rings (SSSR count). The van der Waals surface area contributed by atoms with E-state index in [0.717, 1.165) is 73.1 Å². The molecule has 0 radical (unpaired) electrons. The minimum atomic E-state index is 0.193. The van der Waals surface area contributed by atoms with Gasteiger partial charge in [0, 0.05) is 68.3 Å². The molecular weight excluding hydrogens is 440 g/mol. The van der Waals surface area contributed by atoms with Gasteiger partial charge >= 0.3 is 0 Å². The maximum absolute atomic E-state index is 12.0. The Morgan fingerprint density at radius 3 is 2.37 bits per heavy atom. The van der Waals surface area contributed by atoms with Crippen LogP contribution in [0.15, 0.2) is 61.1 Å². The fourth-order valence-corrected chi connectivity index (χ4v) is 4.71. The van der Waals surface area contributed by atoms with Crippen molar-refractivity contribution < 1.29 is 4.79 Å². The van der Waals surface area contributed by atoms with Gasteiger partial charge in [0.1, 0.15) is 11.5 Å². The largest absolute Gasteiger partial charge is 0.354 e. The van der Waals surface area contributed by atoms with Gasteiger partial charge in [-0.25, -0.2) is 9.97 Å². The lowest BCUT2D eigenvalue weighted by Gasteiger charge is -2.33. The van der Waals surface area contributed by atoms with E-state index < -0.39 is 0 Å². The number of benzene rings is 1. The molecule has 2 aliphatic heterocycles. The standard InChI is InChI=1S/C26H28N8O/c1-31-13-15-32(16-14-31)23-9-4-20(18-27-23)29-26-28-17-19-10-12-34(25(19)30-26)22-7-5-21(6-8-22)33-11-2-3-24(33)35/h4-10,12,17-18H,2-3,11,13-16H2,1H3,(H,28,29,30). The van der Waals surface area contributed by atoms with E-state index in [0.29, 0.717) is 12.4 Å². The Kier molecular flexibility index (Phi) is 5.54. The highest BCUT2D eigenvalue weighted by molar-refractivity contribution is 5.95. The SMILES string of the molecule is CN1CCN(c2ccc(Nc3ncc4ccn(-c5ccc(N6CCCC6=O)cc5)c4n3)cn2)CC1. The molecule has 0 atom stereocenters. The zero-order valence-corrected chi connectivity index (χ0v) is 19.8. The third kappa shape index (κ3) is 4.30. The first-order valence-corrected chi connectivity index (χ1v) is 12.1. The fraction of sp³-hybridized carbons (Fsp3) is 0.308. The van der Waals surface area contributed by atoms with E-state index in [9.17, 15) is 4.79 Å². The number of anilines is 4. The van der Waals surface area contributed by atoms with Crippen LogP contribution in [0.1, 0.15) is 12.8 Å². The van der Waals surface area contributed by atoms with Crippen LogP contribution in [0.5, 0.6) is 0 Å². The highest BCUT2D eigenvalue weighted by atomic mass is 16.2. The molecule has 35 heavy (non-hydrogen) atoms. The first kappa shape index (κ1) is 21.5.